The Morgan fingerprint density at radius 1 is 1.62 bits per heavy atom. The first-order valence-corrected chi connectivity index (χ1v) is 6.30. The average molecular weight is 260 g/mol. The summed E-state index contributed by atoms with van der Waals surface area (Å²) in [5.41, 5.74) is 5.47. The molecule has 0 radical (unpaired) electrons. The molecule has 1 saturated heterocycles. The molecule has 2 rings (SSSR count). The van der Waals surface area contributed by atoms with Gasteiger partial charge in [0.25, 0.3) is 0 Å². The number of amides is 2. The van der Waals surface area contributed by atoms with E-state index in [0.717, 1.165) is 9.21 Å². The molecule has 2 heterocycles. The molecular formula is C10H14ClN3OS. The Kier molecular flexibility index (Phi) is 3.37. The van der Waals surface area contributed by atoms with Crippen LogP contribution < -0.4 is 5.73 Å². The summed E-state index contributed by atoms with van der Waals surface area (Å²) in [6, 6.07) is 4.00. The molecule has 0 spiro atoms. The van der Waals surface area contributed by atoms with Crippen LogP contribution in [0.2, 0.25) is 4.34 Å². The van der Waals surface area contributed by atoms with Crippen molar-refractivity contribution in [1.29, 1.82) is 0 Å². The second-order valence-corrected chi connectivity index (χ2v) is 5.53. The van der Waals surface area contributed by atoms with Crippen molar-refractivity contribution in [3.8, 4) is 0 Å². The summed E-state index contributed by atoms with van der Waals surface area (Å²) >= 11 is 7.43. The standard InChI is InChI=1S/C10H14ClN3OS/c1-13-7(8-2-3-9(11)16-8)6-14(5-4-12)10(13)15/h2-3,7H,4-6,12H2,1H3. The highest BCUT2D eigenvalue weighted by molar-refractivity contribution is 7.16. The first-order chi connectivity index (χ1) is 7.63. The maximum Gasteiger partial charge on any atom is 0.320 e. The first kappa shape index (κ1) is 11.7. The molecule has 1 aromatic rings. The van der Waals surface area contributed by atoms with Crippen LogP contribution in [0.15, 0.2) is 12.1 Å². The van der Waals surface area contributed by atoms with Gasteiger partial charge >= 0.3 is 6.03 Å². The fourth-order valence-corrected chi connectivity index (χ4v) is 3.09. The van der Waals surface area contributed by atoms with Gasteiger partial charge < -0.3 is 15.5 Å². The van der Waals surface area contributed by atoms with E-state index in [9.17, 15) is 4.79 Å². The molecule has 0 saturated carbocycles. The van der Waals surface area contributed by atoms with Crippen molar-refractivity contribution in [3.05, 3.63) is 21.3 Å². The number of nitrogens with zero attached hydrogens (tertiary/aromatic N) is 2. The number of rotatable bonds is 3. The van der Waals surface area contributed by atoms with Gasteiger partial charge in [-0.3, -0.25) is 0 Å². The molecule has 0 bridgehead atoms. The van der Waals surface area contributed by atoms with E-state index in [-0.39, 0.29) is 12.1 Å². The Bertz CT molecular complexity index is 395. The van der Waals surface area contributed by atoms with Gasteiger partial charge in [0.2, 0.25) is 0 Å². The molecule has 0 aromatic carbocycles. The van der Waals surface area contributed by atoms with Crippen LogP contribution in [-0.2, 0) is 0 Å². The third-order valence-electron chi connectivity index (χ3n) is 2.75. The van der Waals surface area contributed by atoms with Crippen molar-refractivity contribution in [2.24, 2.45) is 5.73 Å². The number of carbonyl (C=O) groups excluding carboxylic acids is 1. The van der Waals surface area contributed by atoms with Crippen molar-refractivity contribution < 1.29 is 4.79 Å². The molecule has 1 atom stereocenters. The molecule has 1 fully saturated rings. The lowest BCUT2D eigenvalue weighted by Gasteiger charge is -2.15. The Morgan fingerprint density at radius 3 is 2.94 bits per heavy atom. The van der Waals surface area contributed by atoms with E-state index in [1.165, 1.54) is 11.3 Å². The third-order valence-corrected chi connectivity index (χ3v) is 4.09. The van der Waals surface area contributed by atoms with Gasteiger partial charge in [0.1, 0.15) is 0 Å². The fourth-order valence-electron chi connectivity index (χ4n) is 1.90. The fraction of sp³-hybridized carbons (Fsp3) is 0.500. The largest absolute Gasteiger partial charge is 0.329 e. The zero-order valence-electron chi connectivity index (χ0n) is 9.02. The zero-order valence-corrected chi connectivity index (χ0v) is 10.6. The summed E-state index contributed by atoms with van der Waals surface area (Å²) in [5, 5.41) is 0. The number of halogens is 1. The normalized spacial score (nSPS) is 20.9. The number of carbonyl (C=O) groups is 1. The SMILES string of the molecule is CN1C(=O)N(CCN)CC1c1ccc(Cl)s1. The molecule has 1 unspecified atom stereocenters. The maximum atomic E-state index is 11.9. The lowest BCUT2D eigenvalue weighted by molar-refractivity contribution is 0.196. The summed E-state index contributed by atoms with van der Waals surface area (Å²) in [4.78, 5) is 16.5. The van der Waals surface area contributed by atoms with E-state index in [4.69, 9.17) is 17.3 Å². The molecule has 1 aliphatic rings. The molecule has 2 N–H and O–H groups in total. The van der Waals surface area contributed by atoms with Crippen LogP contribution in [0.1, 0.15) is 10.9 Å². The Morgan fingerprint density at radius 2 is 2.38 bits per heavy atom. The minimum absolute atomic E-state index is 0.0416. The lowest BCUT2D eigenvalue weighted by atomic mass is 10.2. The number of hydrogen-bond acceptors (Lipinski definition) is 3. The summed E-state index contributed by atoms with van der Waals surface area (Å²) in [6.45, 7) is 1.81. The molecule has 16 heavy (non-hydrogen) atoms. The van der Waals surface area contributed by atoms with Crippen LogP contribution in [0.25, 0.3) is 0 Å². The van der Waals surface area contributed by atoms with Crippen LogP contribution in [-0.4, -0.2) is 42.5 Å². The summed E-state index contributed by atoms with van der Waals surface area (Å²) < 4.78 is 0.758. The Balaban J connectivity index is 2.15. The predicted molar refractivity (Wildman–Crippen MR) is 65.9 cm³/mol. The van der Waals surface area contributed by atoms with E-state index in [0.29, 0.717) is 19.6 Å². The van der Waals surface area contributed by atoms with E-state index >= 15 is 0 Å². The van der Waals surface area contributed by atoms with Crippen LogP contribution in [0.5, 0.6) is 0 Å². The number of likely N-dealkylation sites (N-methyl/N-ethyl adjacent to an activating group) is 1. The summed E-state index contributed by atoms with van der Waals surface area (Å²) in [6.07, 6.45) is 0. The van der Waals surface area contributed by atoms with Crippen molar-refractivity contribution in [2.75, 3.05) is 26.7 Å². The highest BCUT2D eigenvalue weighted by Crippen LogP contribution is 2.34. The summed E-state index contributed by atoms with van der Waals surface area (Å²) in [7, 11) is 1.82. The van der Waals surface area contributed by atoms with Crippen molar-refractivity contribution in [3.63, 3.8) is 0 Å². The molecule has 4 nitrogen and oxygen atoms in total. The predicted octanol–water partition coefficient (Wildman–Crippen LogP) is 1.77. The van der Waals surface area contributed by atoms with Gasteiger partial charge in [-0.25, -0.2) is 4.79 Å². The minimum Gasteiger partial charge on any atom is -0.329 e. The third kappa shape index (κ3) is 2.03. The van der Waals surface area contributed by atoms with Crippen LogP contribution in [0, 0.1) is 0 Å². The molecule has 0 aliphatic carbocycles. The number of thiophene rings is 1. The van der Waals surface area contributed by atoms with Crippen LogP contribution in [0.4, 0.5) is 4.79 Å². The highest BCUT2D eigenvalue weighted by atomic mass is 35.5. The van der Waals surface area contributed by atoms with Crippen LogP contribution in [0.3, 0.4) is 0 Å². The van der Waals surface area contributed by atoms with E-state index < -0.39 is 0 Å². The van der Waals surface area contributed by atoms with E-state index in [1.54, 1.807) is 9.80 Å². The molecule has 88 valence electrons. The van der Waals surface area contributed by atoms with E-state index in [2.05, 4.69) is 0 Å². The van der Waals surface area contributed by atoms with Gasteiger partial charge in [0, 0.05) is 31.6 Å². The molecule has 6 heteroatoms. The maximum absolute atomic E-state index is 11.9. The summed E-state index contributed by atoms with van der Waals surface area (Å²) in [5.74, 6) is 0. The number of hydrogen-bond donors (Lipinski definition) is 1. The number of nitrogens with two attached hydrogens (primary N) is 1. The smallest absolute Gasteiger partial charge is 0.320 e. The average Bonchev–Trinajstić information content (AvgIpc) is 2.78. The molecule has 1 aromatic heterocycles. The van der Waals surface area contributed by atoms with Gasteiger partial charge in [-0.1, -0.05) is 11.6 Å². The first-order valence-electron chi connectivity index (χ1n) is 5.10. The highest BCUT2D eigenvalue weighted by Gasteiger charge is 2.35. The van der Waals surface area contributed by atoms with Crippen LogP contribution >= 0.6 is 22.9 Å². The molecule has 2 amide bonds. The van der Waals surface area contributed by atoms with E-state index in [1.807, 2.05) is 19.2 Å². The van der Waals surface area contributed by atoms with Crippen molar-refractivity contribution >= 4 is 29.0 Å². The second kappa shape index (κ2) is 4.61. The quantitative estimate of drug-likeness (QED) is 0.899. The van der Waals surface area contributed by atoms with Gasteiger partial charge in [0.15, 0.2) is 0 Å². The topological polar surface area (TPSA) is 49.6 Å². The van der Waals surface area contributed by atoms with Crippen molar-refractivity contribution in [1.82, 2.24) is 9.80 Å². The Hall–Kier alpha value is -0.780. The lowest BCUT2D eigenvalue weighted by Crippen LogP contribution is -2.33. The Labute approximate surface area is 104 Å². The molecule has 1 aliphatic heterocycles. The van der Waals surface area contributed by atoms with Gasteiger partial charge in [-0.05, 0) is 12.1 Å². The molecular weight excluding hydrogens is 246 g/mol. The van der Waals surface area contributed by atoms with Gasteiger partial charge in [0.05, 0.1) is 10.4 Å². The second-order valence-electron chi connectivity index (χ2n) is 3.79. The minimum atomic E-state index is 0.0416. The van der Waals surface area contributed by atoms with Crippen molar-refractivity contribution in [2.45, 2.75) is 6.04 Å². The zero-order chi connectivity index (χ0) is 11.7. The number of urea groups is 1. The monoisotopic (exact) mass is 259 g/mol. The van der Waals surface area contributed by atoms with Gasteiger partial charge in [-0.2, -0.15) is 0 Å². The van der Waals surface area contributed by atoms with Gasteiger partial charge in [-0.15, -0.1) is 11.3 Å².